The van der Waals surface area contributed by atoms with Crippen molar-refractivity contribution in [1.29, 1.82) is 0 Å². The van der Waals surface area contributed by atoms with E-state index < -0.39 is 91.1 Å². The highest BCUT2D eigenvalue weighted by molar-refractivity contribution is 5.87. The van der Waals surface area contributed by atoms with Gasteiger partial charge in [-0.25, -0.2) is 24.6 Å². The minimum Gasteiger partial charge on any atom is -0.453 e. The third kappa shape index (κ3) is 14.9. The zero-order chi connectivity index (χ0) is 57.3. The fraction of sp³-hybridized carbons (Fsp3) is 0.500. The summed E-state index contributed by atoms with van der Waals surface area (Å²) in [5.41, 5.74) is 4.52. The van der Waals surface area contributed by atoms with Gasteiger partial charge in [-0.3, -0.25) is 19.9 Å². The Morgan fingerprint density at radius 2 is 1.37 bits per heavy atom. The summed E-state index contributed by atoms with van der Waals surface area (Å²) < 4.78 is 127. The number of ether oxygens (including phenoxy) is 3. The van der Waals surface area contributed by atoms with Crippen LogP contribution in [0, 0.1) is 22.7 Å². The molecule has 6 rings (SSSR count). The van der Waals surface area contributed by atoms with Gasteiger partial charge in [0.05, 0.1) is 56.5 Å². The van der Waals surface area contributed by atoms with Crippen molar-refractivity contribution in [2.75, 3.05) is 52.0 Å². The number of likely N-dealkylation sites (tertiary alicyclic amines) is 1. The Balaban J connectivity index is 1.28. The van der Waals surface area contributed by atoms with E-state index in [0.717, 1.165) is 70.1 Å². The zero-order valence-corrected chi connectivity index (χ0v) is 43.4. The van der Waals surface area contributed by atoms with Crippen molar-refractivity contribution in [1.82, 2.24) is 36.3 Å². The first-order chi connectivity index (χ1) is 36.6. The number of hydrogen-bond donors (Lipinski definition) is 6. The largest absolute Gasteiger partial charge is 0.453 e. The number of aliphatic hydroxyl groups is 1. The molecule has 0 aliphatic carbocycles. The third-order valence-corrected chi connectivity index (χ3v) is 14.1. The molecule has 4 heterocycles. The monoisotopic (exact) mass is 1110 g/mol. The van der Waals surface area contributed by atoms with Crippen molar-refractivity contribution in [3.8, 4) is 11.8 Å². The number of alkyl halides is 8. The number of hydrazine groups is 1. The van der Waals surface area contributed by atoms with E-state index in [1.807, 2.05) is 22.8 Å². The summed E-state index contributed by atoms with van der Waals surface area (Å²) in [6.07, 6.45) is -10.6. The van der Waals surface area contributed by atoms with Crippen LogP contribution in [0.15, 0.2) is 77.9 Å². The molecule has 2 bridgehead atoms. The molecule has 0 unspecified atom stereocenters. The van der Waals surface area contributed by atoms with Crippen molar-refractivity contribution >= 4 is 41.7 Å². The number of halogens is 8. The number of aromatic nitrogens is 1. The molecule has 0 saturated carbocycles. The number of pyridine rings is 1. The molecule has 26 heteroatoms. The lowest BCUT2D eigenvalue weighted by atomic mass is 9.82. The number of aliphatic hydroxyl groups excluding tert-OH is 1. The number of fused-ring (bicyclic) bond motifs is 2. The lowest BCUT2D eigenvalue weighted by molar-refractivity contribution is -0.221. The second kappa shape index (κ2) is 25.1. The van der Waals surface area contributed by atoms with Crippen molar-refractivity contribution in [2.24, 2.45) is 21.6 Å². The highest BCUT2D eigenvalue weighted by atomic mass is 19.4. The lowest BCUT2D eigenvalue weighted by Crippen LogP contribution is -2.63. The molecule has 7 N–H and O–H groups in total. The number of nitrogens with one attached hydrogen (secondary N) is 4. The topological polar surface area (TPSA) is 225 Å². The van der Waals surface area contributed by atoms with Gasteiger partial charge in [0.2, 0.25) is 5.91 Å². The van der Waals surface area contributed by atoms with Gasteiger partial charge in [-0.1, -0.05) is 48.2 Å². The molecule has 3 saturated heterocycles. The molecule has 4 amide bonds. The molecule has 2 aromatic carbocycles. The van der Waals surface area contributed by atoms with Crippen LogP contribution in [-0.2, 0) is 36.8 Å². The first-order valence-electron chi connectivity index (χ1n) is 24.5. The van der Waals surface area contributed by atoms with E-state index in [1.165, 1.54) is 24.3 Å². The van der Waals surface area contributed by atoms with Crippen molar-refractivity contribution in [2.45, 2.75) is 108 Å². The van der Waals surface area contributed by atoms with Crippen LogP contribution in [0.25, 0.3) is 5.70 Å². The summed E-state index contributed by atoms with van der Waals surface area (Å²) in [7, 11) is 1.72. The van der Waals surface area contributed by atoms with Gasteiger partial charge in [0, 0.05) is 67.5 Å². The van der Waals surface area contributed by atoms with Crippen molar-refractivity contribution in [3.63, 3.8) is 0 Å². The maximum Gasteiger partial charge on any atom is 0.407 e. The normalized spacial score (nSPS) is 18.9. The Morgan fingerprint density at radius 3 is 1.87 bits per heavy atom. The summed E-state index contributed by atoms with van der Waals surface area (Å²) in [6, 6.07) is 10.9. The Kier molecular flexibility index (Phi) is 19.4. The molecule has 0 radical (unpaired) electrons. The predicted molar refractivity (Wildman–Crippen MR) is 269 cm³/mol. The molecule has 424 valence electrons. The molecule has 18 nitrogen and oxygen atoms in total. The van der Waals surface area contributed by atoms with E-state index in [0.29, 0.717) is 68.1 Å². The first-order valence-corrected chi connectivity index (χ1v) is 24.5. The van der Waals surface area contributed by atoms with E-state index >= 15 is 0 Å². The summed E-state index contributed by atoms with van der Waals surface area (Å²) in [5.74, 6) is 4.09. The fourth-order valence-corrected chi connectivity index (χ4v) is 9.00. The molecule has 3 aliphatic rings. The molecule has 6 atom stereocenters. The standard InChI is InChI=1S/C52H62F8N10O8/c1-49(2,51(55,56)57)42(65-47(74)76-5)44(72)64-39(21-31-10-7-30(8-11-31)9-12-32-15-18-41(63-23-32)70-26-35-22-36(70)25-69(35)37-28-78-29-37)40(71)27-68(24-33-13-16-34(17-14-33)38(61)19-20-62-46(53)54)67-45(73)43(66-48(75)77-6)50(3,4)52(58,59)60/h7-8,10-11,13-20,23,35-37,39-40,42-43,46,71H,21-22,24-29,61H2,1-6H3,(H,64,72)(H,65,74)(H,66,75)(H,67,73)/t35-,36-,39+,40+,42-,43-/m1/s1. The Bertz CT molecular complexity index is 2690. The number of carbonyl (C=O) groups is 4. The van der Waals surface area contributed by atoms with E-state index in [4.69, 9.17) is 10.5 Å². The number of alkyl carbamates (subject to hydrolysis) is 2. The summed E-state index contributed by atoms with van der Waals surface area (Å²) in [4.78, 5) is 65.3. The molecule has 3 fully saturated rings. The average Bonchev–Trinajstić information content (AvgIpc) is 4.08. The van der Waals surface area contributed by atoms with Crippen LogP contribution in [0.2, 0.25) is 0 Å². The van der Waals surface area contributed by atoms with Crippen molar-refractivity contribution in [3.05, 3.63) is 101 Å². The Labute approximate surface area is 445 Å². The number of rotatable bonds is 20. The number of nitrogens with zero attached hydrogens (tertiary/aromatic N) is 5. The van der Waals surface area contributed by atoms with Gasteiger partial charge in [0.15, 0.2) is 0 Å². The summed E-state index contributed by atoms with van der Waals surface area (Å²) in [6.45, 7) is 1.74. The van der Waals surface area contributed by atoms with Gasteiger partial charge in [-0.2, -0.15) is 35.1 Å². The van der Waals surface area contributed by atoms with E-state index in [9.17, 15) is 59.4 Å². The molecule has 78 heavy (non-hydrogen) atoms. The minimum atomic E-state index is -5.11. The number of amides is 4. The number of hydrogen-bond acceptors (Lipinski definition) is 14. The summed E-state index contributed by atoms with van der Waals surface area (Å²) in [5, 5.41) is 19.2. The zero-order valence-electron chi connectivity index (χ0n) is 43.4. The van der Waals surface area contributed by atoms with Gasteiger partial charge in [-0.15, -0.1) is 0 Å². The van der Waals surface area contributed by atoms with Gasteiger partial charge in [0.25, 0.3) is 5.91 Å². The number of carbonyl (C=O) groups excluding carboxylic acids is 4. The number of piperazine rings is 1. The van der Waals surface area contributed by atoms with Crippen LogP contribution in [0.3, 0.4) is 0 Å². The fourth-order valence-electron chi connectivity index (χ4n) is 9.00. The number of anilines is 1. The molecule has 3 aromatic rings. The minimum absolute atomic E-state index is 0.00348. The highest BCUT2D eigenvalue weighted by Gasteiger charge is 2.57. The quantitative estimate of drug-likeness (QED) is 0.0279. The lowest BCUT2D eigenvalue weighted by Gasteiger charge is -2.42. The van der Waals surface area contributed by atoms with Crippen LogP contribution in [0.5, 0.6) is 0 Å². The average molecular weight is 1110 g/mol. The number of aliphatic imine (C=N–C) groups is 1. The number of benzene rings is 2. The van der Waals surface area contributed by atoms with Gasteiger partial charge in [-0.05, 0) is 87.6 Å². The van der Waals surface area contributed by atoms with E-state index in [-0.39, 0.29) is 17.7 Å². The molecule has 1 aromatic heterocycles. The predicted octanol–water partition coefficient (Wildman–Crippen LogP) is 5.28. The van der Waals surface area contributed by atoms with Gasteiger partial charge >= 0.3 is 31.1 Å². The number of nitrogens with two attached hydrogens (primary N) is 1. The molecule has 0 spiro atoms. The highest BCUT2D eigenvalue weighted by Crippen LogP contribution is 2.42. The van der Waals surface area contributed by atoms with Crippen LogP contribution in [0.4, 0.5) is 50.5 Å². The molecular formula is C52H62F8N10O8. The molecular weight excluding hydrogens is 1040 g/mol. The van der Waals surface area contributed by atoms with E-state index in [1.54, 1.807) is 30.5 Å². The van der Waals surface area contributed by atoms with Gasteiger partial charge < -0.3 is 45.9 Å². The smallest absolute Gasteiger partial charge is 0.407 e. The maximum absolute atomic E-state index is 14.5. The Morgan fingerprint density at radius 1 is 0.808 bits per heavy atom. The number of allylic oxidation sites excluding steroid dienone is 1. The van der Waals surface area contributed by atoms with E-state index in [2.05, 4.69) is 51.8 Å². The van der Waals surface area contributed by atoms with Crippen LogP contribution in [0.1, 0.15) is 61.9 Å². The van der Waals surface area contributed by atoms with Crippen LogP contribution >= 0.6 is 0 Å². The molecule has 3 aliphatic heterocycles. The second-order valence-corrected chi connectivity index (χ2v) is 20.2. The maximum atomic E-state index is 14.5. The van der Waals surface area contributed by atoms with Crippen LogP contribution in [-0.4, -0.2) is 159 Å². The number of methoxy groups -OCH3 is 2. The second-order valence-electron chi connectivity index (χ2n) is 20.2. The van der Waals surface area contributed by atoms with Crippen molar-refractivity contribution < 1.29 is 73.6 Å². The third-order valence-electron chi connectivity index (χ3n) is 14.1. The first kappa shape index (κ1) is 60.2. The Hall–Kier alpha value is -7.08. The SMILES string of the molecule is COC(=O)N[C@H](C(=O)N[C@@H](Cc1ccc(C#Cc2ccc(N3C[C@H]4C[C@@H]3CN4C3COC3)nc2)cc1)[C@@H](O)CN(Cc1ccc(C(N)=CC=NC(F)F)cc1)NC(=O)[C@@H](NC(=O)OC)C(C)(C)C(F)(F)F)C(C)(C)C(F)(F)F. The summed E-state index contributed by atoms with van der Waals surface area (Å²) >= 11 is 0. The van der Waals surface area contributed by atoms with Crippen LogP contribution < -0.4 is 32.0 Å². The van der Waals surface area contributed by atoms with Gasteiger partial charge in [0.1, 0.15) is 17.9 Å².